The van der Waals surface area contributed by atoms with E-state index in [0.717, 1.165) is 26.1 Å². The molecule has 0 saturated heterocycles. The average molecular weight is 318 g/mol. The molecule has 0 saturated carbocycles. The summed E-state index contributed by atoms with van der Waals surface area (Å²) in [7, 11) is 5.01. The van der Waals surface area contributed by atoms with Crippen LogP contribution in [0.3, 0.4) is 0 Å². The third-order valence-electron chi connectivity index (χ3n) is 4.63. The van der Waals surface area contributed by atoms with Crippen molar-refractivity contribution >= 4 is 0 Å². The summed E-state index contributed by atoms with van der Waals surface area (Å²) in [6.07, 6.45) is 8.87. The number of hydrogen-bond donors (Lipinski definition) is 0. The van der Waals surface area contributed by atoms with Gasteiger partial charge in [0.15, 0.2) is 0 Å². The smallest absolute Gasteiger partial charge is 0.286 e. The van der Waals surface area contributed by atoms with Crippen molar-refractivity contribution < 1.29 is 14.2 Å². The molecule has 0 amide bonds. The molecule has 0 aliphatic rings. The molecule has 0 bridgehead atoms. The Morgan fingerprint density at radius 1 is 0.773 bits per heavy atom. The van der Waals surface area contributed by atoms with Gasteiger partial charge in [0.1, 0.15) is 0 Å². The second kappa shape index (κ2) is 13.3. The Hall–Kier alpha value is -0.160. The van der Waals surface area contributed by atoms with Gasteiger partial charge in [-0.05, 0) is 19.5 Å². The van der Waals surface area contributed by atoms with Gasteiger partial charge in [0.2, 0.25) is 0 Å². The Kier molecular flexibility index (Phi) is 13.2. The fraction of sp³-hybridized carbons (Fsp3) is 1.00. The monoisotopic (exact) mass is 317 g/mol. The zero-order chi connectivity index (χ0) is 16.8. The summed E-state index contributed by atoms with van der Waals surface area (Å²) >= 11 is 0. The molecule has 0 heterocycles. The Morgan fingerprint density at radius 3 is 1.73 bits per heavy atom. The second-order valence-corrected chi connectivity index (χ2v) is 5.96. The molecule has 0 rings (SSSR count). The number of rotatable bonds is 15. The van der Waals surface area contributed by atoms with Gasteiger partial charge in [0, 0.05) is 27.9 Å². The van der Waals surface area contributed by atoms with Crippen LogP contribution in [0.1, 0.15) is 65.7 Å². The van der Waals surface area contributed by atoms with Gasteiger partial charge in [-0.2, -0.15) is 0 Å². The normalized spacial score (nSPS) is 13.8. The Morgan fingerprint density at radius 2 is 1.27 bits per heavy atom. The first-order valence-corrected chi connectivity index (χ1v) is 9.01. The minimum atomic E-state index is -0.925. The van der Waals surface area contributed by atoms with Crippen LogP contribution >= 0.6 is 0 Å². The maximum Gasteiger partial charge on any atom is 0.286 e. The van der Waals surface area contributed by atoms with Gasteiger partial charge in [-0.15, -0.1) is 0 Å². The molecule has 1 unspecified atom stereocenters. The van der Waals surface area contributed by atoms with Crippen molar-refractivity contribution in [3.05, 3.63) is 0 Å². The number of methoxy groups -OCH3 is 3. The molecular weight excluding hydrogens is 278 g/mol. The fourth-order valence-electron chi connectivity index (χ4n) is 3.09. The molecule has 0 aromatic carbocycles. The molecule has 4 nitrogen and oxygen atoms in total. The molecule has 0 fully saturated rings. The van der Waals surface area contributed by atoms with Crippen molar-refractivity contribution in [1.29, 1.82) is 0 Å². The number of nitrogens with zero attached hydrogens (tertiary/aromatic N) is 1. The zero-order valence-electron chi connectivity index (χ0n) is 15.8. The van der Waals surface area contributed by atoms with E-state index < -0.39 is 5.97 Å². The molecule has 0 aromatic rings. The standard InChI is InChI=1S/C18H39NO3/c1-7-10-11-12-13-14-15-17(16-19(8-2)9-3)18(20-4,21-5)22-6/h17H,7-16H2,1-6H3. The van der Waals surface area contributed by atoms with E-state index in [9.17, 15) is 0 Å². The van der Waals surface area contributed by atoms with Crippen LogP contribution in [-0.2, 0) is 14.2 Å². The maximum atomic E-state index is 5.61. The maximum absolute atomic E-state index is 5.61. The predicted molar refractivity (Wildman–Crippen MR) is 93.0 cm³/mol. The zero-order valence-corrected chi connectivity index (χ0v) is 15.8. The van der Waals surface area contributed by atoms with Crippen LogP contribution < -0.4 is 0 Å². The van der Waals surface area contributed by atoms with Crippen LogP contribution in [0.25, 0.3) is 0 Å². The van der Waals surface area contributed by atoms with Crippen LogP contribution in [0.2, 0.25) is 0 Å². The molecule has 0 aliphatic heterocycles. The Labute approximate surface area is 138 Å². The van der Waals surface area contributed by atoms with Crippen LogP contribution in [-0.4, -0.2) is 51.8 Å². The van der Waals surface area contributed by atoms with E-state index in [-0.39, 0.29) is 5.92 Å². The predicted octanol–water partition coefficient (Wildman–Crippen LogP) is 4.29. The third-order valence-corrected chi connectivity index (χ3v) is 4.63. The first-order valence-electron chi connectivity index (χ1n) is 9.01. The van der Waals surface area contributed by atoms with E-state index in [4.69, 9.17) is 14.2 Å². The lowest BCUT2D eigenvalue weighted by atomic mass is 9.96. The highest BCUT2D eigenvalue weighted by Gasteiger charge is 2.40. The highest BCUT2D eigenvalue weighted by atomic mass is 16.9. The van der Waals surface area contributed by atoms with E-state index in [1.807, 2.05) is 0 Å². The van der Waals surface area contributed by atoms with Crippen molar-refractivity contribution in [3.8, 4) is 0 Å². The minimum absolute atomic E-state index is 0.221. The molecule has 0 spiro atoms. The Balaban J connectivity index is 4.57. The summed E-state index contributed by atoms with van der Waals surface area (Å²) in [6.45, 7) is 9.66. The summed E-state index contributed by atoms with van der Waals surface area (Å²) in [6, 6.07) is 0. The van der Waals surface area contributed by atoms with Crippen molar-refractivity contribution in [3.63, 3.8) is 0 Å². The SMILES string of the molecule is CCCCCCCCC(CN(CC)CC)C(OC)(OC)OC. The van der Waals surface area contributed by atoms with Crippen molar-refractivity contribution in [1.82, 2.24) is 4.90 Å². The van der Waals surface area contributed by atoms with Gasteiger partial charge in [0.25, 0.3) is 5.97 Å². The molecule has 0 N–H and O–H groups in total. The van der Waals surface area contributed by atoms with E-state index >= 15 is 0 Å². The molecule has 0 radical (unpaired) electrons. The van der Waals surface area contributed by atoms with Crippen molar-refractivity contribution in [2.75, 3.05) is 41.0 Å². The Bertz CT molecular complexity index is 232. The van der Waals surface area contributed by atoms with Gasteiger partial charge in [-0.1, -0.05) is 59.3 Å². The number of hydrogen-bond acceptors (Lipinski definition) is 4. The third kappa shape index (κ3) is 7.40. The number of unbranched alkanes of at least 4 members (excludes halogenated alkanes) is 5. The summed E-state index contributed by atoms with van der Waals surface area (Å²) in [5, 5.41) is 0. The van der Waals surface area contributed by atoms with Gasteiger partial charge >= 0.3 is 0 Å². The molecule has 1 atom stereocenters. The highest BCUT2D eigenvalue weighted by Crippen LogP contribution is 2.29. The molecule has 0 aromatic heterocycles. The molecule has 134 valence electrons. The lowest BCUT2D eigenvalue weighted by Gasteiger charge is -2.38. The van der Waals surface area contributed by atoms with Crippen LogP contribution in [0.4, 0.5) is 0 Å². The average Bonchev–Trinajstić information content (AvgIpc) is 2.56. The first-order chi connectivity index (χ1) is 10.6. The summed E-state index contributed by atoms with van der Waals surface area (Å²) in [4.78, 5) is 2.41. The summed E-state index contributed by atoms with van der Waals surface area (Å²) in [5.41, 5.74) is 0. The topological polar surface area (TPSA) is 30.9 Å². The van der Waals surface area contributed by atoms with Gasteiger partial charge in [-0.3, -0.25) is 0 Å². The molecular formula is C18H39NO3. The first kappa shape index (κ1) is 21.8. The van der Waals surface area contributed by atoms with Gasteiger partial charge in [-0.25, -0.2) is 0 Å². The van der Waals surface area contributed by atoms with E-state index in [2.05, 4.69) is 25.7 Å². The molecule has 22 heavy (non-hydrogen) atoms. The van der Waals surface area contributed by atoms with Crippen LogP contribution in [0.15, 0.2) is 0 Å². The number of ether oxygens (including phenoxy) is 3. The van der Waals surface area contributed by atoms with Crippen LogP contribution in [0.5, 0.6) is 0 Å². The van der Waals surface area contributed by atoms with Crippen molar-refractivity contribution in [2.45, 2.75) is 71.7 Å². The molecule has 4 heteroatoms. The van der Waals surface area contributed by atoms with E-state index in [1.54, 1.807) is 21.3 Å². The van der Waals surface area contributed by atoms with Gasteiger partial charge < -0.3 is 19.1 Å². The fourth-order valence-corrected chi connectivity index (χ4v) is 3.09. The summed E-state index contributed by atoms with van der Waals surface area (Å²) in [5.74, 6) is -0.704. The quantitative estimate of drug-likeness (QED) is 0.333. The highest BCUT2D eigenvalue weighted by molar-refractivity contribution is 4.75. The molecule has 0 aliphatic carbocycles. The van der Waals surface area contributed by atoms with E-state index in [0.29, 0.717) is 0 Å². The largest absolute Gasteiger partial charge is 0.331 e. The lowest BCUT2D eigenvalue weighted by Crippen LogP contribution is -2.49. The summed E-state index contributed by atoms with van der Waals surface area (Å²) < 4.78 is 16.8. The minimum Gasteiger partial charge on any atom is -0.331 e. The van der Waals surface area contributed by atoms with Gasteiger partial charge in [0.05, 0.1) is 5.92 Å². The van der Waals surface area contributed by atoms with E-state index in [1.165, 1.54) is 38.5 Å². The van der Waals surface area contributed by atoms with Crippen LogP contribution in [0, 0.1) is 5.92 Å². The lowest BCUT2D eigenvalue weighted by molar-refractivity contribution is -0.380. The second-order valence-electron chi connectivity index (χ2n) is 5.96. The van der Waals surface area contributed by atoms with Crippen molar-refractivity contribution in [2.24, 2.45) is 5.92 Å².